The molecule has 0 radical (unpaired) electrons. The molecular formula is C17H20N2O2. The lowest BCUT2D eigenvalue weighted by Gasteiger charge is -2.43. The van der Waals surface area contributed by atoms with Crippen molar-refractivity contribution in [3.63, 3.8) is 0 Å². The average molecular weight is 284 g/mol. The summed E-state index contributed by atoms with van der Waals surface area (Å²) in [4.78, 5) is 14.8. The van der Waals surface area contributed by atoms with E-state index >= 15 is 0 Å². The number of hydrogen-bond donors (Lipinski definition) is 1. The van der Waals surface area contributed by atoms with Crippen LogP contribution in [0.3, 0.4) is 0 Å². The summed E-state index contributed by atoms with van der Waals surface area (Å²) < 4.78 is 5.36. The van der Waals surface area contributed by atoms with Crippen LogP contribution in [-0.4, -0.2) is 31.0 Å². The van der Waals surface area contributed by atoms with Crippen LogP contribution in [0.1, 0.15) is 36.4 Å². The highest BCUT2D eigenvalue weighted by Gasteiger charge is 2.38. The van der Waals surface area contributed by atoms with Crippen molar-refractivity contribution in [2.45, 2.75) is 31.7 Å². The third-order valence-corrected chi connectivity index (χ3v) is 4.93. The second-order valence-electron chi connectivity index (χ2n) is 6.02. The van der Waals surface area contributed by atoms with Gasteiger partial charge >= 0.3 is 0 Å². The maximum absolute atomic E-state index is 12.8. The average Bonchev–Trinajstić information content (AvgIpc) is 2.54. The summed E-state index contributed by atoms with van der Waals surface area (Å²) >= 11 is 0. The van der Waals surface area contributed by atoms with Gasteiger partial charge < -0.3 is 15.0 Å². The molecule has 0 fully saturated rings. The van der Waals surface area contributed by atoms with Crippen LogP contribution in [0.2, 0.25) is 0 Å². The number of ether oxygens (including phenoxy) is 1. The topological polar surface area (TPSA) is 41.6 Å². The first-order chi connectivity index (χ1) is 10.3. The molecule has 3 aliphatic heterocycles. The number of amides is 1. The maximum atomic E-state index is 12.8. The maximum Gasteiger partial charge on any atom is 0.252 e. The second kappa shape index (κ2) is 4.79. The monoisotopic (exact) mass is 284 g/mol. The molecule has 21 heavy (non-hydrogen) atoms. The Morgan fingerprint density at radius 1 is 1.33 bits per heavy atom. The number of methoxy groups -OCH3 is 1. The predicted molar refractivity (Wildman–Crippen MR) is 80.0 cm³/mol. The summed E-state index contributed by atoms with van der Waals surface area (Å²) in [5.41, 5.74) is 4.80. The predicted octanol–water partition coefficient (Wildman–Crippen LogP) is 2.16. The minimum atomic E-state index is 0.167. The lowest BCUT2D eigenvalue weighted by Crippen LogP contribution is -2.46. The van der Waals surface area contributed by atoms with Gasteiger partial charge in [-0.1, -0.05) is 6.07 Å². The Balaban J connectivity index is 1.77. The number of carbonyl (C=O) groups is 1. The fourth-order valence-electron chi connectivity index (χ4n) is 3.83. The van der Waals surface area contributed by atoms with Gasteiger partial charge in [0.2, 0.25) is 0 Å². The molecule has 1 aromatic carbocycles. The first-order valence-electron chi connectivity index (χ1n) is 7.71. The Morgan fingerprint density at radius 3 is 3.10 bits per heavy atom. The summed E-state index contributed by atoms with van der Waals surface area (Å²) in [6.45, 7) is 1.82. The summed E-state index contributed by atoms with van der Waals surface area (Å²) in [6, 6.07) is 6.44. The van der Waals surface area contributed by atoms with Gasteiger partial charge in [-0.15, -0.1) is 0 Å². The van der Waals surface area contributed by atoms with Gasteiger partial charge in [-0.25, -0.2) is 0 Å². The molecular weight excluding hydrogens is 264 g/mol. The van der Waals surface area contributed by atoms with Crippen molar-refractivity contribution in [2.24, 2.45) is 0 Å². The summed E-state index contributed by atoms with van der Waals surface area (Å²) in [5.74, 6) is 1.11. The van der Waals surface area contributed by atoms with Crippen LogP contribution in [0, 0.1) is 0 Å². The van der Waals surface area contributed by atoms with Crippen LogP contribution >= 0.6 is 0 Å². The van der Waals surface area contributed by atoms with Gasteiger partial charge in [-0.05, 0) is 42.5 Å². The van der Waals surface area contributed by atoms with Gasteiger partial charge in [0, 0.05) is 30.8 Å². The molecule has 1 N–H and O–H groups in total. The summed E-state index contributed by atoms with van der Waals surface area (Å²) in [5, 5.41) is 3.44. The van der Waals surface area contributed by atoms with Gasteiger partial charge in [0.05, 0.1) is 13.2 Å². The number of rotatable bonds is 1. The van der Waals surface area contributed by atoms with Gasteiger partial charge in [0.25, 0.3) is 5.91 Å². The smallest absolute Gasteiger partial charge is 0.252 e. The Labute approximate surface area is 124 Å². The fourth-order valence-corrected chi connectivity index (χ4v) is 3.83. The Morgan fingerprint density at radius 2 is 2.24 bits per heavy atom. The molecule has 4 nitrogen and oxygen atoms in total. The van der Waals surface area contributed by atoms with E-state index in [1.54, 1.807) is 7.11 Å². The van der Waals surface area contributed by atoms with Crippen LogP contribution in [0.5, 0.6) is 5.75 Å². The molecule has 0 spiro atoms. The van der Waals surface area contributed by atoms with Crippen LogP contribution in [0.15, 0.2) is 29.5 Å². The molecule has 0 aliphatic carbocycles. The molecule has 0 saturated carbocycles. The van der Waals surface area contributed by atoms with E-state index in [1.165, 1.54) is 16.8 Å². The highest BCUT2D eigenvalue weighted by molar-refractivity contribution is 5.95. The number of fused-ring (bicyclic) bond motifs is 3. The van der Waals surface area contributed by atoms with E-state index in [-0.39, 0.29) is 11.9 Å². The first kappa shape index (κ1) is 12.7. The summed E-state index contributed by atoms with van der Waals surface area (Å²) in [7, 11) is 1.69. The standard InChI is InChI=1S/C17H20N2O2/c1-21-12-5-4-11-6-8-19-16(14(11)9-12)10-15-13(17(19)20)3-2-7-18-15/h4-5,9,16,18H,2-3,6-8,10H2,1H3. The van der Waals surface area contributed by atoms with Gasteiger partial charge in [0.1, 0.15) is 5.75 Å². The lowest BCUT2D eigenvalue weighted by atomic mass is 9.84. The van der Waals surface area contributed by atoms with E-state index in [0.29, 0.717) is 0 Å². The molecule has 3 aliphatic rings. The fraction of sp³-hybridized carbons (Fsp3) is 0.471. The quantitative estimate of drug-likeness (QED) is 0.859. The molecule has 3 heterocycles. The minimum Gasteiger partial charge on any atom is -0.497 e. The van der Waals surface area contributed by atoms with Crippen molar-refractivity contribution >= 4 is 5.91 Å². The zero-order chi connectivity index (χ0) is 14.4. The van der Waals surface area contributed by atoms with E-state index in [0.717, 1.165) is 50.1 Å². The molecule has 0 saturated heterocycles. The summed E-state index contributed by atoms with van der Waals surface area (Å²) in [6.07, 6.45) is 3.85. The molecule has 0 bridgehead atoms. The van der Waals surface area contributed by atoms with E-state index in [1.807, 2.05) is 6.07 Å². The molecule has 1 aromatic rings. The number of nitrogens with one attached hydrogen (secondary N) is 1. The zero-order valence-electron chi connectivity index (χ0n) is 12.3. The lowest BCUT2D eigenvalue weighted by molar-refractivity contribution is -0.131. The van der Waals surface area contributed by atoms with Crippen molar-refractivity contribution in [1.29, 1.82) is 0 Å². The first-order valence-corrected chi connectivity index (χ1v) is 7.71. The van der Waals surface area contributed by atoms with Gasteiger partial charge in [-0.3, -0.25) is 4.79 Å². The van der Waals surface area contributed by atoms with Gasteiger partial charge in [-0.2, -0.15) is 0 Å². The SMILES string of the molecule is COc1ccc2c(c1)C1CC3=C(CCCN3)C(=O)N1CC2. The molecule has 1 atom stereocenters. The molecule has 1 unspecified atom stereocenters. The third-order valence-electron chi connectivity index (χ3n) is 4.93. The van der Waals surface area contributed by atoms with Crippen molar-refractivity contribution in [2.75, 3.05) is 20.2 Å². The highest BCUT2D eigenvalue weighted by Crippen LogP contribution is 2.41. The van der Waals surface area contributed by atoms with Crippen molar-refractivity contribution < 1.29 is 9.53 Å². The zero-order valence-corrected chi connectivity index (χ0v) is 12.3. The molecule has 0 aromatic heterocycles. The second-order valence-corrected chi connectivity index (χ2v) is 6.02. The Kier molecular flexibility index (Phi) is 2.91. The largest absolute Gasteiger partial charge is 0.497 e. The van der Waals surface area contributed by atoms with E-state index in [2.05, 4.69) is 22.3 Å². The van der Waals surface area contributed by atoms with Crippen molar-refractivity contribution in [1.82, 2.24) is 10.2 Å². The van der Waals surface area contributed by atoms with E-state index < -0.39 is 0 Å². The molecule has 4 heteroatoms. The normalized spacial score (nSPS) is 24.0. The number of benzene rings is 1. The van der Waals surface area contributed by atoms with Crippen LogP contribution < -0.4 is 10.1 Å². The van der Waals surface area contributed by atoms with E-state index in [9.17, 15) is 4.79 Å². The molecule has 110 valence electrons. The van der Waals surface area contributed by atoms with Crippen molar-refractivity contribution in [3.8, 4) is 5.75 Å². The third kappa shape index (κ3) is 1.93. The van der Waals surface area contributed by atoms with Crippen LogP contribution in [0.25, 0.3) is 0 Å². The van der Waals surface area contributed by atoms with E-state index in [4.69, 9.17) is 4.74 Å². The van der Waals surface area contributed by atoms with Gasteiger partial charge in [0.15, 0.2) is 0 Å². The number of nitrogens with zero attached hydrogens (tertiary/aromatic N) is 1. The number of carbonyl (C=O) groups excluding carboxylic acids is 1. The molecule has 4 rings (SSSR count). The minimum absolute atomic E-state index is 0.167. The van der Waals surface area contributed by atoms with Crippen molar-refractivity contribution in [3.05, 3.63) is 40.6 Å². The molecule has 1 amide bonds. The van der Waals surface area contributed by atoms with Crippen LogP contribution in [-0.2, 0) is 11.2 Å². The van der Waals surface area contributed by atoms with Crippen LogP contribution in [0.4, 0.5) is 0 Å². The Hall–Kier alpha value is -1.97. The number of hydrogen-bond acceptors (Lipinski definition) is 3. The Bertz CT molecular complexity index is 636. The highest BCUT2D eigenvalue weighted by atomic mass is 16.5.